The van der Waals surface area contributed by atoms with Crippen LogP contribution in [0.25, 0.3) is 21.1 Å². The van der Waals surface area contributed by atoms with E-state index in [4.69, 9.17) is 22.1 Å². The summed E-state index contributed by atoms with van der Waals surface area (Å²) in [6.45, 7) is -0.0733. The van der Waals surface area contributed by atoms with Crippen molar-refractivity contribution < 1.29 is 28.5 Å². The Labute approximate surface area is 234 Å². The number of aromatic hydroxyl groups is 2. The van der Waals surface area contributed by atoms with Crippen LogP contribution in [0.15, 0.2) is 71.4 Å². The normalized spacial score (nSPS) is 10.5. The molecule has 4 N–H and O–H groups in total. The summed E-state index contributed by atoms with van der Waals surface area (Å²) in [6.07, 6.45) is 0. The fourth-order valence-corrected chi connectivity index (χ4v) is 5.15. The molecule has 2 heterocycles. The standard InChI is InChI=1S/C17H12F2N2O3S.C10H8ClNOS/c18-12-4-5-13(15(19)14(12)16(20)23)24-7-10-8-25-17(21-10)9-2-1-3-11(22)6-9;11-5-8-6-14-10(12-8)7-2-1-3-9(13)4-7/h1-6,8,22H,7H2,(H2,20,23);1-4,6,13H,5H2. The molecule has 1 amide bonds. The molecule has 7 nitrogen and oxygen atoms in total. The van der Waals surface area contributed by atoms with E-state index in [0.717, 1.165) is 34.0 Å². The molecule has 2 aromatic heterocycles. The fourth-order valence-electron chi connectivity index (χ4n) is 3.31. The number of rotatable bonds is 7. The van der Waals surface area contributed by atoms with Crippen molar-refractivity contribution in [2.75, 3.05) is 0 Å². The first-order chi connectivity index (χ1) is 18.7. The van der Waals surface area contributed by atoms with E-state index >= 15 is 0 Å². The molecule has 0 unspecified atom stereocenters. The quantitative estimate of drug-likeness (QED) is 0.182. The molecule has 0 saturated heterocycles. The minimum atomic E-state index is -1.21. The second-order valence-corrected chi connectivity index (χ2v) is 9.89. The number of carbonyl (C=O) groups excluding carboxylic acids is 1. The highest BCUT2D eigenvalue weighted by atomic mass is 35.5. The zero-order chi connectivity index (χ0) is 27.9. The fraction of sp³-hybridized carbons (Fsp3) is 0.0741. The third-order valence-electron chi connectivity index (χ3n) is 5.10. The molecule has 12 heteroatoms. The molecule has 5 aromatic rings. The maximum absolute atomic E-state index is 14.1. The van der Waals surface area contributed by atoms with Gasteiger partial charge in [-0.15, -0.1) is 34.3 Å². The number of carbonyl (C=O) groups is 1. The lowest BCUT2D eigenvalue weighted by molar-refractivity contribution is 0.0991. The van der Waals surface area contributed by atoms with E-state index in [1.807, 2.05) is 11.4 Å². The molecule has 0 atom stereocenters. The lowest BCUT2D eigenvalue weighted by Crippen LogP contribution is -2.16. The SMILES string of the molecule is NC(=O)c1c(F)ccc(OCc2csc(-c3cccc(O)c3)n2)c1F.Oc1cccc(-c2nc(CCl)cs2)c1. The third kappa shape index (κ3) is 7.08. The molecule has 0 aliphatic rings. The number of phenols is 2. The van der Waals surface area contributed by atoms with E-state index in [1.54, 1.807) is 47.8 Å². The Bertz CT molecular complexity index is 1610. The van der Waals surface area contributed by atoms with Crippen molar-refractivity contribution in [3.63, 3.8) is 0 Å². The summed E-state index contributed by atoms with van der Waals surface area (Å²) in [7, 11) is 0. The number of ether oxygens (including phenoxy) is 1. The molecule has 0 spiro atoms. The molecule has 200 valence electrons. The highest BCUT2D eigenvalue weighted by molar-refractivity contribution is 7.13. The maximum Gasteiger partial charge on any atom is 0.254 e. The average molecular weight is 588 g/mol. The van der Waals surface area contributed by atoms with Gasteiger partial charge in [-0.2, -0.15) is 0 Å². The van der Waals surface area contributed by atoms with E-state index in [2.05, 4.69) is 9.97 Å². The van der Waals surface area contributed by atoms with Crippen molar-refractivity contribution in [3.05, 3.63) is 100 Å². The summed E-state index contributed by atoms with van der Waals surface area (Å²) in [5.41, 5.74) is 7.18. The van der Waals surface area contributed by atoms with Crippen LogP contribution in [-0.2, 0) is 12.5 Å². The van der Waals surface area contributed by atoms with Gasteiger partial charge in [-0.1, -0.05) is 24.3 Å². The molecule has 0 saturated carbocycles. The second kappa shape index (κ2) is 12.7. The summed E-state index contributed by atoms with van der Waals surface area (Å²) in [5.74, 6) is -2.88. The van der Waals surface area contributed by atoms with Gasteiger partial charge in [-0.3, -0.25) is 4.79 Å². The van der Waals surface area contributed by atoms with Crippen LogP contribution >= 0.6 is 34.3 Å². The topological polar surface area (TPSA) is 119 Å². The van der Waals surface area contributed by atoms with Crippen molar-refractivity contribution in [2.24, 2.45) is 5.73 Å². The number of hydrogen-bond acceptors (Lipinski definition) is 8. The molecule has 0 fully saturated rings. The summed E-state index contributed by atoms with van der Waals surface area (Å²) >= 11 is 8.51. The molecule has 3 aromatic carbocycles. The Balaban J connectivity index is 0.000000212. The molecule has 0 aliphatic heterocycles. The smallest absolute Gasteiger partial charge is 0.254 e. The third-order valence-corrected chi connectivity index (χ3v) is 7.26. The Morgan fingerprint density at radius 2 is 1.46 bits per heavy atom. The summed E-state index contributed by atoms with van der Waals surface area (Å²) < 4.78 is 32.8. The zero-order valence-corrected chi connectivity index (χ0v) is 22.4. The van der Waals surface area contributed by atoms with Gasteiger partial charge in [0.05, 0.1) is 17.3 Å². The number of thiazole rings is 2. The first kappa shape index (κ1) is 28.0. The van der Waals surface area contributed by atoms with Crippen molar-refractivity contribution >= 4 is 40.2 Å². The van der Waals surface area contributed by atoms with Gasteiger partial charge in [0.1, 0.15) is 39.5 Å². The molecule has 0 radical (unpaired) electrons. The Morgan fingerprint density at radius 3 is 1.97 bits per heavy atom. The molecule has 0 aliphatic carbocycles. The van der Waals surface area contributed by atoms with Gasteiger partial charge in [0.2, 0.25) is 0 Å². The van der Waals surface area contributed by atoms with Crippen molar-refractivity contribution in [2.45, 2.75) is 12.5 Å². The predicted molar refractivity (Wildman–Crippen MR) is 147 cm³/mol. The van der Waals surface area contributed by atoms with Gasteiger partial charge in [-0.05, 0) is 36.4 Å². The van der Waals surface area contributed by atoms with Crippen molar-refractivity contribution in [3.8, 4) is 38.4 Å². The molecule has 0 bridgehead atoms. The van der Waals surface area contributed by atoms with Gasteiger partial charge >= 0.3 is 0 Å². The van der Waals surface area contributed by atoms with E-state index in [-0.39, 0.29) is 23.9 Å². The molecule has 39 heavy (non-hydrogen) atoms. The van der Waals surface area contributed by atoms with Gasteiger partial charge in [0.25, 0.3) is 5.91 Å². The minimum absolute atomic E-state index is 0.0733. The number of phenolic OH excluding ortho intramolecular Hbond substituents is 2. The Kier molecular flexibility index (Phi) is 9.07. The highest BCUT2D eigenvalue weighted by Crippen LogP contribution is 2.29. The minimum Gasteiger partial charge on any atom is -0.508 e. The predicted octanol–water partition coefficient (Wildman–Crippen LogP) is 6.73. The highest BCUT2D eigenvalue weighted by Gasteiger charge is 2.19. The number of alkyl halides is 1. The summed E-state index contributed by atoms with van der Waals surface area (Å²) in [4.78, 5) is 19.8. The van der Waals surface area contributed by atoms with Crippen molar-refractivity contribution in [1.29, 1.82) is 0 Å². The van der Waals surface area contributed by atoms with Crippen LogP contribution in [0.1, 0.15) is 21.7 Å². The van der Waals surface area contributed by atoms with Crippen LogP contribution in [0.2, 0.25) is 0 Å². The van der Waals surface area contributed by atoms with Crippen LogP contribution in [0.5, 0.6) is 17.2 Å². The summed E-state index contributed by atoms with van der Waals surface area (Å²) in [6, 6.07) is 15.7. The Hall–Kier alpha value is -4.06. The van der Waals surface area contributed by atoms with Crippen LogP contribution in [0.4, 0.5) is 8.78 Å². The van der Waals surface area contributed by atoms with Gasteiger partial charge < -0.3 is 20.7 Å². The number of hydrogen-bond donors (Lipinski definition) is 3. The first-order valence-corrected chi connectivity index (χ1v) is 13.5. The number of amides is 1. The second-order valence-electron chi connectivity index (χ2n) is 7.91. The monoisotopic (exact) mass is 587 g/mol. The zero-order valence-electron chi connectivity index (χ0n) is 20.0. The number of aromatic nitrogens is 2. The van der Waals surface area contributed by atoms with Crippen LogP contribution < -0.4 is 10.5 Å². The van der Waals surface area contributed by atoms with Gasteiger partial charge in [0, 0.05) is 21.9 Å². The van der Waals surface area contributed by atoms with Gasteiger partial charge in [-0.25, -0.2) is 18.7 Å². The number of benzene rings is 3. The van der Waals surface area contributed by atoms with Crippen LogP contribution in [-0.4, -0.2) is 26.1 Å². The lowest BCUT2D eigenvalue weighted by atomic mass is 10.1. The molecular formula is C27H20ClF2N3O4S2. The average Bonchev–Trinajstić information content (AvgIpc) is 3.59. The van der Waals surface area contributed by atoms with Crippen LogP contribution in [0.3, 0.4) is 0 Å². The largest absolute Gasteiger partial charge is 0.508 e. The Morgan fingerprint density at radius 1 is 0.897 bits per heavy atom. The first-order valence-electron chi connectivity index (χ1n) is 11.2. The lowest BCUT2D eigenvalue weighted by Gasteiger charge is -2.08. The summed E-state index contributed by atoms with van der Waals surface area (Å²) in [5, 5.41) is 24.0. The van der Waals surface area contributed by atoms with Crippen LogP contribution in [0, 0.1) is 11.6 Å². The number of halogens is 3. The van der Waals surface area contributed by atoms with E-state index in [1.165, 1.54) is 22.7 Å². The van der Waals surface area contributed by atoms with E-state index in [9.17, 15) is 23.8 Å². The number of primary amides is 1. The molecular weight excluding hydrogens is 568 g/mol. The number of nitrogens with two attached hydrogens (primary N) is 1. The van der Waals surface area contributed by atoms with E-state index in [0.29, 0.717) is 16.6 Å². The molecule has 5 rings (SSSR count). The number of nitrogens with zero attached hydrogens (tertiary/aromatic N) is 2. The van der Waals surface area contributed by atoms with E-state index < -0.39 is 23.1 Å². The maximum atomic E-state index is 14.1. The van der Waals surface area contributed by atoms with Gasteiger partial charge in [0.15, 0.2) is 11.6 Å². The van der Waals surface area contributed by atoms with Crippen molar-refractivity contribution in [1.82, 2.24) is 9.97 Å².